The number of aromatic carboxylic acids is 1. The maximum absolute atomic E-state index is 11.8. The third-order valence-corrected chi connectivity index (χ3v) is 1.87. The Bertz CT molecular complexity index is 427. The van der Waals surface area contributed by atoms with Gasteiger partial charge in [-0.3, -0.25) is 9.89 Å². The first-order valence-electron chi connectivity index (χ1n) is 4.43. The molecule has 9 heteroatoms. The lowest BCUT2D eigenvalue weighted by Crippen LogP contribution is -2.37. The third-order valence-electron chi connectivity index (χ3n) is 1.87. The van der Waals surface area contributed by atoms with Crippen LogP contribution in [0.1, 0.15) is 16.1 Å². The minimum Gasteiger partial charge on any atom is -0.478 e. The number of carbonyl (C=O) groups excluding carboxylic acids is 1. The topological polar surface area (TPSA) is 95.1 Å². The maximum atomic E-state index is 11.8. The van der Waals surface area contributed by atoms with Crippen molar-refractivity contribution in [2.24, 2.45) is 0 Å². The number of aromatic amines is 1. The van der Waals surface area contributed by atoms with E-state index in [9.17, 15) is 22.8 Å². The molecule has 17 heavy (non-hydrogen) atoms. The number of halogens is 3. The summed E-state index contributed by atoms with van der Waals surface area (Å²) in [5.41, 5.74) is 0.0197. The quantitative estimate of drug-likeness (QED) is 0.718. The number of carbonyl (C=O) groups is 2. The maximum Gasteiger partial charge on any atom is 0.471 e. The molecule has 0 atom stereocenters. The molecule has 0 aromatic carbocycles. The van der Waals surface area contributed by atoms with Crippen LogP contribution in [0.3, 0.4) is 0 Å². The Morgan fingerprint density at radius 2 is 2.12 bits per heavy atom. The van der Waals surface area contributed by atoms with Crippen molar-refractivity contribution >= 4 is 11.9 Å². The second-order valence-corrected chi connectivity index (χ2v) is 3.07. The van der Waals surface area contributed by atoms with Crippen LogP contribution in [0, 0.1) is 0 Å². The number of hydrogen-bond donors (Lipinski definition) is 3. The fourth-order valence-corrected chi connectivity index (χ4v) is 1.09. The van der Waals surface area contributed by atoms with Crippen LogP contribution in [0.5, 0.6) is 0 Å². The molecule has 6 nitrogen and oxygen atoms in total. The summed E-state index contributed by atoms with van der Waals surface area (Å²) in [5, 5.41) is 16.1. The molecule has 0 aliphatic heterocycles. The fourth-order valence-electron chi connectivity index (χ4n) is 1.09. The van der Waals surface area contributed by atoms with Crippen molar-refractivity contribution < 1.29 is 27.9 Å². The SMILES string of the molecule is O=C(O)c1cn[nH]c1CCNC(=O)C(F)(F)F. The number of nitrogens with zero attached hydrogens (tertiary/aromatic N) is 1. The molecule has 1 rings (SSSR count). The zero-order valence-electron chi connectivity index (χ0n) is 8.34. The highest BCUT2D eigenvalue weighted by molar-refractivity contribution is 5.88. The second-order valence-electron chi connectivity index (χ2n) is 3.07. The Morgan fingerprint density at radius 1 is 1.47 bits per heavy atom. The molecule has 0 bridgehead atoms. The summed E-state index contributed by atoms with van der Waals surface area (Å²) in [4.78, 5) is 21.0. The Morgan fingerprint density at radius 3 is 2.65 bits per heavy atom. The molecule has 1 amide bonds. The highest BCUT2D eigenvalue weighted by Crippen LogP contribution is 2.14. The zero-order valence-corrected chi connectivity index (χ0v) is 8.34. The van der Waals surface area contributed by atoms with Crippen LogP contribution in [0.25, 0.3) is 0 Å². The van der Waals surface area contributed by atoms with Gasteiger partial charge in [0, 0.05) is 13.0 Å². The van der Waals surface area contributed by atoms with Crippen molar-refractivity contribution in [2.45, 2.75) is 12.6 Å². The van der Waals surface area contributed by atoms with Crippen LogP contribution in [0.15, 0.2) is 6.20 Å². The van der Waals surface area contributed by atoms with Crippen LogP contribution in [-0.4, -0.2) is 39.9 Å². The van der Waals surface area contributed by atoms with Crippen LogP contribution in [0.4, 0.5) is 13.2 Å². The van der Waals surface area contributed by atoms with E-state index in [1.54, 1.807) is 5.32 Å². The van der Waals surface area contributed by atoms with Crippen molar-refractivity contribution in [3.05, 3.63) is 17.5 Å². The number of nitrogens with one attached hydrogen (secondary N) is 2. The highest BCUT2D eigenvalue weighted by atomic mass is 19.4. The van der Waals surface area contributed by atoms with Crippen molar-refractivity contribution in [3.8, 4) is 0 Å². The van der Waals surface area contributed by atoms with E-state index >= 15 is 0 Å². The molecule has 0 unspecified atom stereocenters. The molecule has 0 aliphatic rings. The summed E-state index contributed by atoms with van der Waals surface area (Å²) < 4.78 is 35.4. The number of carboxylic acids is 1. The Labute approximate surface area is 92.8 Å². The Hall–Kier alpha value is -2.06. The van der Waals surface area contributed by atoms with Gasteiger partial charge in [0.1, 0.15) is 5.56 Å². The van der Waals surface area contributed by atoms with Gasteiger partial charge in [-0.1, -0.05) is 0 Å². The van der Waals surface area contributed by atoms with Gasteiger partial charge in [0.15, 0.2) is 0 Å². The molecule has 94 valence electrons. The number of rotatable bonds is 4. The number of hydrogen-bond acceptors (Lipinski definition) is 3. The molecule has 0 fully saturated rings. The first-order chi connectivity index (χ1) is 7.82. The summed E-state index contributed by atoms with van der Waals surface area (Å²) in [6, 6.07) is 0. The van der Waals surface area contributed by atoms with E-state index in [1.165, 1.54) is 0 Å². The van der Waals surface area contributed by atoms with Gasteiger partial charge in [-0.05, 0) is 0 Å². The van der Waals surface area contributed by atoms with E-state index in [0.717, 1.165) is 6.20 Å². The van der Waals surface area contributed by atoms with Gasteiger partial charge in [0.05, 0.1) is 11.9 Å². The molecule has 1 heterocycles. The van der Waals surface area contributed by atoms with Crippen molar-refractivity contribution in [2.75, 3.05) is 6.54 Å². The number of aromatic nitrogens is 2. The van der Waals surface area contributed by atoms with E-state index in [4.69, 9.17) is 5.11 Å². The first kappa shape index (κ1) is 13.0. The smallest absolute Gasteiger partial charge is 0.471 e. The molecular weight excluding hydrogens is 243 g/mol. The number of H-pyrrole nitrogens is 1. The fraction of sp³-hybridized carbons (Fsp3) is 0.375. The first-order valence-corrected chi connectivity index (χ1v) is 4.43. The molecule has 1 aromatic rings. The van der Waals surface area contributed by atoms with Gasteiger partial charge in [0.25, 0.3) is 0 Å². The summed E-state index contributed by atoms with van der Waals surface area (Å²) in [6.07, 6.45) is -3.98. The average molecular weight is 251 g/mol. The largest absolute Gasteiger partial charge is 0.478 e. The Kier molecular flexibility index (Phi) is 3.71. The van der Waals surface area contributed by atoms with Gasteiger partial charge < -0.3 is 10.4 Å². The normalized spacial score (nSPS) is 11.2. The van der Waals surface area contributed by atoms with E-state index < -0.39 is 18.1 Å². The van der Waals surface area contributed by atoms with Crippen LogP contribution < -0.4 is 5.32 Å². The van der Waals surface area contributed by atoms with Crippen LogP contribution in [-0.2, 0) is 11.2 Å². The van der Waals surface area contributed by atoms with Gasteiger partial charge in [-0.2, -0.15) is 18.3 Å². The minimum atomic E-state index is -4.94. The lowest BCUT2D eigenvalue weighted by atomic mass is 10.2. The van der Waals surface area contributed by atoms with Crippen molar-refractivity contribution in [1.29, 1.82) is 0 Å². The predicted molar refractivity (Wildman–Crippen MR) is 48.3 cm³/mol. The van der Waals surface area contributed by atoms with Gasteiger partial charge in [-0.15, -0.1) is 0 Å². The molecule has 0 spiro atoms. The molecule has 0 saturated heterocycles. The lowest BCUT2D eigenvalue weighted by Gasteiger charge is -2.07. The molecule has 0 aliphatic carbocycles. The van der Waals surface area contributed by atoms with Crippen LogP contribution in [0.2, 0.25) is 0 Å². The van der Waals surface area contributed by atoms with E-state index in [1.807, 2.05) is 0 Å². The molecule has 0 radical (unpaired) electrons. The van der Waals surface area contributed by atoms with Crippen molar-refractivity contribution in [1.82, 2.24) is 15.5 Å². The van der Waals surface area contributed by atoms with E-state index in [0.29, 0.717) is 0 Å². The minimum absolute atomic E-state index is 0.0799. The van der Waals surface area contributed by atoms with Crippen molar-refractivity contribution in [3.63, 3.8) is 0 Å². The monoisotopic (exact) mass is 251 g/mol. The van der Waals surface area contributed by atoms with Gasteiger partial charge >= 0.3 is 18.1 Å². The number of carboxylic acid groups (broad SMARTS) is 1. The molecule has 0 saturated carbocycles. The average Bonchev–Trinajstić information content (AvgIpc) is 2.64. The number of alkyl halides is 3. The molecule has 3 N–H and O–H groups in total. The highest BCUT2D eigenvalue weighted by Gasteiger charge is 2.38. The Balaban J connectivity index is 2.49. The summed E-state index contributed by atoms with van der Waals surface area (Å²) in [7, 11) is 0. The van der Waals surface area contributed by atoms with Crippen LogP contribution >= 0.6 is 0 Å². The second kappa shape index (κ2) is 4.85. The summed E-state index contributed by atoms with van der Waals surface area (Å²) >= 11 is 0. The lowest BCUT2D eigenvalue weighted by molar-refractivity contribution is -0.173. The third kappa shape index (κ3) is 3.47. The summed E-state index contributed by atoms with van der Waals surface area (Å²) in [6.45, 7) is -0.333. The van der Waals surface area contributed by atoms with Gasteiger partial charge in [-0.25, -0.2) is 4.79 Å². The van der Waals surface area contributed by atoms with E-state index in [2.05, 4.69) is 10.2 Å². The zero-order chi connectivity index (χ0) is 13.1. The molecule has 1 aromatic heterocycles. The molecular formula is C8H8F3N3O3. The summed E-state index contributed by atoms with van der Waals surface area (Å²) in [5.74, 6) is -3.30. The predicted octanol–water partition coefficient (Wildman–Crippen LogP) is 0.329. The van der Waals surface area contributed by atoms with Gasteiger partial charge in [0.2, 0.25) is 0 Å². The standard InChI is InChI=1S/C8H8F3N3O3/c9-8(10,11)7(17)12-2-1-5-4(6(15)16)3-13-14-5/h3H,1-2H2,(H,12,17)(H,13,14)(H,15,16). The number of amides is 1. The van der Waals surface area contributed by atoms with E-state index in [-0.39, 0.29) is 24.2 Å².